The van der Waals surface area contributed by atoms with E-state index >= 15 is 0 Å². The van der Waals surface area contributed by atoms with Gasteiger partial charge in [0.15, 0.2) is 5.96 Å². The Balaban J connectivity index is 1.76. The van der Waals surface area contributed by atoms with E-state index in [4.69, 9.17) is 5.73 Å². The first-order valence-electron chi connectivity index (χ1n) is 8.83. The summed E-state index contributed by atoms with van der Waals surface area (Å²) in [6.45, 7) is 8.54. The first-order chi connectivity index (χ1) is 11.1. The number of nitrogens with two attached hydrogens (primary N) is 1. The number of hydrogen-bond donors (Lipinski definition) is 2. The van der Waals surface area contributed by atoms with Crippen LogP contribution in [0.5, 0.6) is 0 Å². The number of hydrogen-bond acceptors (Lipinski definition) is 3. The van der Waals surface area contributed by atoms with Crippen molar-refractivity contribution in [2.24, 2.45) is 16.6 Å². The maximum atomic E-state index is 6.02. The summed E-state index contributed by atoms with van der Waals surface area (Å²) in [6, 6.07) is 6.49. The zero-order valence-electron chi connectivity index (χ0n) is 14.5. The summed E-state index contributed by atoms with van der Waals surface area (Å²) < 4.78 is 0. The number of aromatic nitrogens is 1. The first kappa shape index (κ1) is 17.7. The molecule has 1 aromatic rings. The fraction of sp³-hybridized carbons (Fsp3) is 0.667. The van der Waals surface area contributed by atoms with E-state index in [0.717, 1.165) is 25.2 Å². The molecule has 1 unspecified atom stereocenters. The topological polar surface area (TPSA) is 66.5 Å². The average Bonchev–Trinajstić information content (AvgIpc) is 3.06. The molecule has 1 aromatic heterocycles. The fourth-order valence-corrected chi connectivity index (χ4v) is 3.11. The van der Waals surface area contributed by atoms with Crippen molar-refractivity contribution in [3.05, 3.63) is 30.1 Å². The number of guanidine groups is 1. The summed E-state index contributed by atoms with van der Waals surface area (Å²) >= 11 is 0. The Kier molecular flexibility index (Phi) is 7.33. The summed E-state index contributed by atoms with van der Waals surface area (Å²) in [4.78, 5) is 11.5. The highest BCUT2D eigenvalue weighted by atomic mass is 15.2. The highest BCUT2D eigenvalue weighted by Crippen LogP contribution is 2.18. The van der Waals surface area contributed by atoms with E-state index in [0.29, 0.717) is 17.9 Å². The monoisotopic (exact) mass is 317 g/mol. The SMILES string of the molecule is CC(C)CC(CN=C(N)NCCc1ccccn1)N1CCCC1. The number of nitrogens with zero attached hydrogens (tertiary/aromatic N) is 3. The lowest BCUT2D eigenvalue weighted by atomic mass is 10.0. The molecular weight excluding hydrogens is 286 g/mol. The molecule has 128 valence electrons. The minimum Gasteiger partial charge on any atom is -0.370 e. The molecule has 0 aliphatic carbocycles. The van der Waals surface area contributed by atoms with E-state index in [9.17, 15) is 0 Å². The lowest BCUT2D eigenvalue weighted by molar-refractivity contribution is 0.218. The van der Waals surface area contributed by atoms with Crippen LogP contribution in [0.4, 0.5) is 0 Å². The maximum Gasteiger partial charge on any atom is 0.188 e. The lowest BCUT2D eigenvalue weighted by Gasteiger charge is -2.27. The van der Waals surface area contributed by atoms with Gasteiger partial charge in [-0.1, -0.05) is 19.9 Å². The van der Waals surface area contributed by atoms with Crippen molar-refractivity contribution in [3.8, 4) is 0 Å². The molecule has 5 heteroatoms. The second-order valence-electron chi connectivity index (χ2n) is 6.75. The molecule has 2 heterocycles. The molecule has 0 radical (unpaired) electrons. The molecular formula is C18H31N5. The Morgan fingerprint density at radius 3 is 2.78 bits per heavy atom. The van der Waals surface area contributed by atoms with Crippen molar-refractivity contribution in [2.75, 3.05) is 26.2 Å². The van der Waals surface area contributed by atoms with Crippen molar-refractivity contribution >= 4 is 5.96 Å². The van der Waals surface area contributed by atoms with E-state index in [2.05, 4.69) is 34.0 Å². The molecule has 1 aliphatic heterocycles. The second kappa shape index (κ2) is 9.50. The Morgan fingerprint density at radius 2 is 2.13 bits per heavy atom. The lowest BCUT2D eigenvalue weighted by Crippen LogP contribution is -2.39. The van der Waals surface area contributed by atoms with Gasteiger partial charge in [-0.25, -0.2) is 0 Å². The van der Waals surface area contributed by atoms with Crippen LogP contribution in [-0.4, -0.2) is 48.1 Å². The third-order valence-corrected chi connectivity index (χ3v) is 4.29. The van der Waals surface area contributed by atoms with Gasteiger partial charge in [-0.2, -0.15) is 0 Å². The van der Waals surface area contributed by atoms with Crippen molar-refractivity contribution in [1.29, 1.82) is 0 Å². The Labute approximate surface area is 140 Å². The highest BCUT2D eigenvalue weighted by molar-refractivity contribution is 5.77. The highest BCUT2D eigenvalue weighted by Gasteiger charge is 2.22. The van der Waals surface area contributed by atoms with E-state index in [1.165, 1.54) is 32.4 Å². The van der Waals surface area contributed by atoms with Gasteiger partial charge in [-0.15, -0.1) is 0 Å². The molecule has 1 atom stereocenters. The van der Waals surface area contributed by atoms with Gasteiger partial charge in [-0.3, -0.25) is 14.9 Å². The summed E-state index contributed by atoms with van der Waals surface area (Å²) in [7, 11) is 0. The summed E-state index contributed by atoms with van der Waals surface area (Å²) in [5.74, 6) is 1.24. The van der Waals surface area contributed by atoms with Gasteiger partial charge in [0.2, 0.25) is 0 Å². The van der Waals surface area contributed by atoms with E-state index in [-0.39, 0.29) is 0 Å². The standard InChI is InChI=1S/C18H31N5/c1-15(2)13-17(23-11-5-6-12-23)14-22-18(19)21-10-8-16-7-3-4-9-20-16/h3-4,7,9,15,17H,5-6,8,10-14H2,1-2H3,(H3,19,21,22). The van der Waals surface area contributed by atoms with E-state index in [1.54, 1.807) is 0 Å². The zero-order chi connectivity index (χ0) is 16.5. The van der Waals surface area contributed by atoms with Crippen LogP contribution < -0.4 is 11.1 Å². The van der Waals surface area contributed by atoms with E-state index < -0.39 is 0 Å². The second-order valence-corrected chi connectivity index (χ2v) is 6.75. The van der Waals surface area contributed by atoms with Crippen LogP contribution in [0.25, 0.3) is 0 Å². The van der Waals surface area contributed by atoms with Crippen LogP contribution in [0, 0.1) is 5.92 Å². The van der Waals surface area contributed by atoms with Crippen LogP contribution in [0.2, 0.25) is 0 Å². The summed E-state index contributed by atoms with van der Waals surface area (Å²) in [5.41, 5.74) is 7.09. The number of likely N-dealkylation sites (tertiary alicyclic amines) is 1. The minimum atomic E-state index is 0.522. The minimum absolute atomic E-state index is 0.522. The third-order valence-electron chi connectivity index (χ3n) is 4.29. The fourth-order valence-electron chi connectivity index (χ4n) is 3.11. The molecule has 1 saturated heterocycles. The average molecular weight is 317 g/mol. The van der Waals surface area contributed by atoms with Gasteiger partial charge in [0.05, 0.1) is 6.54 Å². The number of rotatable bonds is 8. The maximum absolute atomic E-state index is 6.02. The molecule has 1 fully saturated rings. The third kappa shape index (κ3) is 6.57. The predicted octanol–water partition coefficient (Wildman–Crippen LogP) is 2.04. The molecule has 0 saturated carbocycles. The number of nitrogens with one attached hydrogen (secondary N) is 1. The molecule has 5 nitrogen and oxygen atoms in total. The van der Waals surface area contributed by atoms with Crippen LogP contribution >= 0.6 is 0 Å². The molecule has 23 heavy (non-hydrogen) atoms. The number of aliphatic imine (C=N–C) groups is 1. The van der Waals surface area contributed by atoms with Gasteiger partial charge in [0.25, 0.3) is 0 Å². The smallest absolute Gasteiger partial charge is 0.188 e. The molecule has 1 aliphatic rings. The Hall–Kier alpha value is -1.62. The van der Waals surface area contributed by atoms with Gasteiger partial charge >= 0.3 is 0 Å². The number of pyridine rings is 1. The molecule has 0 amide bonds. The van der Waals surface area contributed by atoms with Gasteiger partial charge in [0.1, 0.15) is 0 Å². The largest absolute Gasteiger partial charge is 0.370 e. The Bertz CT molecular complexity index is 466. The predicted molar refractivity (Wildman–Crippen MR) is 96.5 cm³/mol. The first-order valence-corrected chi connectivity index (χ1v) is 8.83. The summed E-state index contributed by atoms with van der Waals surface area (Å²) in [6.07, 6.45) is 6.49. The van der Waals surface area contributed by atoms with Crippen molar-refractivity contribution < 1.29 is 0 Å². The molecule has 2 rings (SSSR count). The quantitative estimate of drug-likeness (QED) is 0.569. The van der Waals surface area contributed by atoms with Gasteiger partial charge in [0, 0.05) is 30.9 Å². The molecule has 0 spiro atoms. The normalized spacial score (nSPS) is 17.6. The van der Waals surface area contributed by atoms with Gasteiger partial charge in [-0.05, 0) is 50.4 Å². The molecule has 3 N–H and O–H groups in total. The van der Waals surface area contributed by atoms with Crippen LogP contribution in [0.3, 0.4) is 0 Å². The van der Waals surface area contributed by atoms with Crippen LogP contribution in [0.15, 0.2) is 29.4 Å². The molecule has 0 aromatic carbocycles. The van der Waals surface area contributed by atoms with Gasteiger partial charge < -0.3 is 11.1 Å². The van der Waals surface area contributed by atoms with Crippen molar-refractivity contribution in [3.63, 3.8) is 0 Å². The Morgan fingerprint density at radius 1 is 1.35 bits per heavy atom. The molecule has 0 bridgehead atoms. The summed E-state index contributed by atoms with van der Waals surface area (Å²) in [5, 5.41) is 3.20. The van der Waals surface area contributed by atoms with Crippen molar-refractivity contribution in [2.45, 2.75) is 45.6 Å². The van der Waals surface area contributed by atoms with Crippen LogP contribution in [-0.2, 0) is 6.42 Å². The van der Waals surface area contributed by atoms with Crippen molar-refractivity contribution in [1.82, 2.24) is 15.2 Å². The zero-order valence-corrected chi connectivity index (χ0v) is 14.5. The van der Waals surface area contributed by atoms with E-state index in [1.807, 2.05) is 24.4 Å². The van der Waals surface area contributed by atoms with Crippen LogP contribution in [0.1, 0.15) is 38.8 Å².